The highest BCUT2D eigenvalue weighted by molar-refractivity contribution is 6.31. The Morgan fingerprint density at radius 3 is 2.51 bits per heavy atom. The van der Waals surface area contributed by atoms with E-state index in [1.54, 1.807) is 18.2 Å². The molecule has 4 rings (SSSR count). The lowest BCUT2D eigenvalue weighted by atomic mass is 10.1. The van der Waals surface area contributed by atoms with Crippen molar-refractivity contribution in [2.24, 2.45) is 0 Å². The van der Waals surface area contributed by atoms with Crippen LogP contribution in [0.25, 0.3) is 10.9 Å². The predicted octanol–water partition coefficient (Wildman–Crippen LogP) is 4.51. The number of rotatable bonds is 7. The molecule has 1 aliphatic rings. The van der Waals surface area contributed by atoms with Crippen LogP contribution in [0.4, 0.5) is 21.5 Å². The fraction of sp³-hybridized carbons (Fsp3) is 0.345. The highest BCUT2D eigenvalue weighted by Gasteiger charge is 2.15. The Bertz CT molecular complexity index is 1420. The maximum absolute atomic E-state index is 13.7. The number of methoxy groups -OCH3 is 1. The molecule has 1 aliphatic heterocycles. The first-order valence-electron chi connectivity index (χ1n) is 13.0. The molecule has 10 nitrogen and oxygen atoms in total. The van der Waals surface area contributed by atoms with Crippen LogP contribution in [0.5, 0.6) is 5.75 Å². The van der Waals surface area contributed by atoms with Crippen LogP contribution >= 0.6 is 11.6 Å². The maximum atomic E-state index is 13.7. The molecule has 0 aliphatic carbocycles. The van der Waals surface area contributed by atoms with Gasteiger partial charge in [-0.15, -0.1) is 0 Å². The zero-order chi connectivity index (χ0) is 29.0. The third kappa shape index (κ3) is 8.60. The minimum absolute atomic E-state index is 0.0596. The second-order valence-corrected chi connectivity index (χ2v) is 9.42. The fourth-order valence-corrected chi connectivity index (χ4v) is 4.31. The van der Waals surface area contributed by atoms with Gasteiger partial charge in [-0.05, 0) is 24.3 Å². The predicted molar refractivity (Wildman–Crippen MR) is 154 cm³/mol. The third-order valence-corrected chi connectivity index (χ3v) is 6.53. The quantitative estimate of drug-likeness (QED) is 0.387. The van der Waals surface area contributed by atoms with Crippen LogP contribution in [0.1, 0.15) is 5.56 Å². The Morgan fingerprint density at radius 1 is 1.15 bits per heavy atom. The number of amides is 1. The summed E-state index contributed by atoms with van der Waals surface area (Å²) in [4.78, 5) is 19.4. The van der Waals surface area contributed by atoms with E-state index >= 15 is 0 Å². The van der Waals surface area contributed by atoms with Crippen molar-refractivity contribution >= 4 is 45.5 Å². The van der Waals surface area contributed by atoms with Gasteiger partial charge in [-0.3, -0.25) is 14.7 Å². The Kier molecular flexibility index (Phi) is 11.2. The van der Waals surface area contributed by atoms with E-state index in [4.69, 9.17) is 30.5 Å². The summed E-state index contributed by atoms with van der Waals surface area (Å²) >= 11 is 5.94. The van der Waals surface area contributed by atoms with E-state index in [1.807, 2.05) is 0 Å². The van der Waals surface area contributed by atoms with Crippen molar-refractivity contribution in [3.63, 3.8) is 0 Å². The van der Waals surface area contributed by atoms with Gasteiger partial charge in [-0.25, -0.2) is 4.39 Å². The average molecular weight is 584 g/mol. The third-order valence-electron chi connectivity index (χ3n) is 6.24. The second kappa shape index (κ2) is 15.3. The van der Waals surface area contributed by atoms with Gasteiger partial charge < -0.3 is 29.6 Å². The molecule has 0 spiro atoms. The molecular formula is C29H31ClFN5O5. The SMILES string of the molecule is COc1cc2ncc(C#N)c(Nc3ccc(F)c(Cl)c3)c2cc1NC(=O)C=CCN1CCOCCOCCOCC1. The zero-order valence-corrected chi connectivity index (χ0v) is 23.4. The van der Waals surface area contributed by atoms with Crippen LogP contribution in [-0.4, -0.2) is 82.2 Å². The first kappa shape index (κ1) is 30.2. The monoisotopic (exact) mass is 583 g/mol. The number of fused-ring (bicyclic) bond motifs is 1. The number of hydrogen-bond acceptors (Lipinski definition) is 9. The van der Waals surface area contributed by atoms with E-state index in [1.165, 1.54) is 37.6 Å². The molecule has 1 aromatic heterocycles. The van der Waals surface area contributed by atoms with E-state index in [2.05, 4.69) is 26.6 Å². The molecule has 1 fully saturated rings. The Hall–Kier alpha value is -3.79. The molecule has 216 valence electrons. The van der Waals surface area contributed by atoms with Crippen molar-refractivity contribution in [3.05, 3.63) is 65.1 Å². The molecule has 3 aromatic rings. The van der Waals surface area contributed by atoms with Crippen molar-refractivity contribution in [2.75, 3.05) is 77.0 Å². The van der Waals surface area contributed by atoms with Gasteiger partial charge >= 0.3 is 0 Å². The number of nitrogens with zero attached hydrogens (tertiary/aromatic N) is 3. The smallest absolute Gasteiger partial charge is 0.248 e. The Morgan fingerprint density at radius 2 is 1.85 bits per heavy atom. The topological polar surface area (TPSA) is 118 Å². The van der Waals surface area contributed by atoms with Gasteiger partial charge in [-0.2, -0.15) is 5.26 Å². The maximum Gasteiger partial charge on any atom is 0.248 e. The lowest BCUT2D eigenvalue weighted by Crippen LogP contribution is -2.32. The fourth-order valence-electron chi connectivity index (χ4n) is 4.13. The van der Waals surface area contributed by atoms with Gasteiger partial charge in [0.05, 0.1) is 74.2 Å². The molecule has 0 atom stereocenters. The summed E-state index contributed by atoms with van der Waals surface area (Å²) in [6.45, 7) is 5.15. The molecule has 41 heavy (non-hydrogen) atoms. The lowest BCUT2D eigenvalue weighted by molar-refractivity contribution is -0.111. The molecule has 2 N–H and O–H groups in total. The van der Waals surface area contributed by atoms with Gasteiger partial charge in [-0.1, -0.05) is 17.7 Å². The minimum atomic E-state index is -0.556. The number of aromatic nitrogens is 1. The molecule has 0 unspecified atom stereocenters. The first-order chi connectivity index (χ1) is 20.0. The molecule has 0 bridgehead atoms. The zero-order valence-electron chi connectivity index (χ0n) is 22.6. The Balaban J connectivity index is 1.51. The molecule has 2 heterocycles. The van der Waals surface area contributed by atoms with Gasteiger partial charge in [0.2, 0.25) is 5.91 Å². The number of nitrogens with one attached hydrogen (secondary N) is 2. The number of carbonyl (C=O) groups is 1. The summed E-state index contributed by atoms with van der Waals surface area (Å²) in [7, 11) is 1.49. The average Bonchev–Trinajstić information content (AvgIpc) is 2.96. The number of hydrogen-bond donors (Lipinski definition) is 2. The highest BCUT2D eigenvalue weighted by Crippen LogP contribution is 2.36. The van der Waals surface area contributed by atoms with Crippen molar-refractivity contribution in [2.45, 2.75) is 0 Å². The summed E-state index contributed by atoms with van der Waals surface area (Å²) in [6, 6.07) is 9.62. The molecule has 2 aromatic carbocycles. The molecule has 1 amide bonds. The van der Waals surface area contributed by atoms with Gasteiger partial charge in [0.15, 0.2) is 0 Å². The number of benzene rings is 2. The molecule has 1 saturated heterocycles. The Labute approximate surface area is 242 Å². The number of nitriles is 1. The summed E-state index contributed by atoms with van der Waals surface area (Å²) in [5.74, 6) is -0.514. The molecule has 12 heteroatoms. The van der Waals surface area contributed by atoms with Crippen LogP contribution in [0.3, 0.4) is 0 Å². The van der Waals surface area contributed by atoms with Crippen LogP contribution in [0.2, 0.25) is 5.02 Å². The van der Waals surface area contributed by atoms with Crippen LogP contribution in [0.15, 0.2) is 48.7 Å². The van der Waals surface area contributed by atoms with Crippen molar-refractivity contribution < 1.29 is 28.1 Å². The largest absolute Gasteiger partial charge is 0.494 e. The number of pyridine rings is 1. The number of ether oxygens (including phenoxy) is 4. The lowest BCUT2D eigenvalue weighted by Gasteiger charge is -2.21. The molecule has 0 saturated carbocycles. The summed E-state index contributed by atoms with van der Waals surface area (Å²) < 4.78 is 35.8. The standard InChI is InChI=1S/C29H31ClFN5O5/c1-38-27-17-25-22(29(20(18-32)19-33-25)34-21-4-5-24(31)23(30)15-21)16-26(27)35-28(37)3-2-6-36-7-9-39-11-13-41-14-12-40-10-8-36/h2-5,15-17,19H,6-14H2,1H3,(H,33,34)(H,35,37). The van der Waals surface area contributed by atoms with Crippen LogP contribution < -0.4 is 15.4 Å². The van der Waals surface area contributed by atoms with Crippen LogP contribution in [-0.2, 0) is 19.0 Å². The minimum Gasteiger partial charge on any atom is -0.494 e. The molecule has 0 radical (unpaired) electrons. The number of anilines is 3. The van der Waals surface area contributed by atoms with Crippen molar-refractivity contribution in [1.29, 1.82) is 5.26 Å². The normalized spacial score (nSPS) is 15.6. The highest BCUT2D eigenvalue weighted by atomic mass is 35.5. The van der Waals surface area contributed by atoms with Gasteiger partial charge in [0, 0.05) is 49.0 Å². The van der Waals surface area contributed by atoms with E-state index in [-0.39, 0.29) is 16.5 Å². The first-order valence-corrected chi connectivity index (χ1v) is 13.4. The summed E-state index contributed by atoms with van der Waals surface area (Å²) in [5.41, 5.74) is 2.08. The van der Waals surface area contributed by atoms with E-state index in [0.29, 0.717) is 93.0 Å². The number of carbonyl (C=O) groups excluding carboxylic acids is 1. The van der Waals surface area contributed by atoms with Gasteiger partial charge in [0.25, 0.3) is 0 Å². The van der Waals surface area contributed by atoms with Crippen LogP contribution in [0, 0.1) is 17.1 Å². The summed E-state index contributed by atoms with van der Waals surface area (Å²) in [5, 5.41) is 16.2. The van der Waals surface area contributed by atoms with E-state index in [0.717, 1.165) is 0 Å². The molecular weight excluding hydrogens is 553 g/mol. The number of halogens is 2. The van der Waals surface area contributed by atoms with Gasteiger partial charge in [0.1, 0.15) is 17.6 Å². The van der Waals surface area contributed by atoms with E-state index in [9.17, 15) is 14.4 Å². The second-order valence-electron chi connectivity index (χ2n) is 9.01. The van der Waals surface area contributed by atoms with E-state index < -0.39 is 5.82 Å². The van der Waals surface area contributed by atoms with Crippen molar-refractivity contribution in [3.8, 4) is 11.8 Å². The summed E-state index contributed by atoms with van der Waals surface area (Å²) in [6.07, 6.45) is 4.66. The van der Waals surface area contributed by atoms with Crippen molar-refractivity contribution in [1.82, 2.24) is 9.88 Å².